The lowest BCUT2D eigenvalue weighted by atomic mass is 10.0. The van der Waals surface area contributed by atoms with Gasteiger partial charge in [0, 0.05) is 36.8 Å². The highest BCUT2D eigenvalue weighted by Gasteiger charge is 2.20. The molecular formula is C17H23N3O. The van der Waals surface area contributed by atoms with Crippen LogP contribution in [0.4, 0.5) is 0 Å². The Morgan fingerprint density at radius 2 is 2.24 bits per heavy atom. The Hall–Kier alpha value is -1.81. The molecule has 2 heterocycles. The second kappa shape index (κ2) is 6.31. The number of nitrogens with one attached hydrogen (secondary N) is 1. The number of rotatable bonds is 5. The van der Waals surface area contributed by atoms with Crippen LogP contribution in [-0.2, 0) is 6.54 Å². The smallest absolute Gasteiger partial charge is 0.124 e. The molecule has 0 saturated heterocycles. The van der Waals surface area contributed by atoms with Crippen molar-refractivity contribution in [3.05, 3.63) is 47.8 Å². The molecule has 0 fully saturated rings. The van der Waals surface area contributed by atoms with E-state index in [1.165, 1.54) is 5.56 Å². The molecular weight excluding hydrogens is 262 g/mol. The molecule has 1 aliphatic rings. The first kappa shape index (κ1) is 14.1. The van der Waals surface area contributed by atoms with Gasteiger partial charge in [-0.2, -0.15) is 5.10 Å². The molecule has 4 heteroatoms. The van der Waals surface area contributed by atoms with Crippen molar-refractivity contribution in [3.8, 4) is 5.75 Å². The van der Waals surface area contributed by atoms with E-state index < -0.39 is 0 Å². The van der Waals surface area contributed by atoms with E-state index in [0.717, 1.165) is 37.4 Å². The Kier molecular flexibility index (Phi) is 4.25. The topological polar surface area (TPSA) is 39.1 Å². The van der Waals surface area contributed by atoms with E-state index in [-0.39, 0.29) is 0 Å². The lowest BCUT2D eigenvalue weighted by molar-refractivity contribution is 0.252. The van der Waals surface area contributed by atoms with Crippen LogP contribution in [0.1, 0.15) is 50.0 Å². The highest BCUT2D eigenvalue weighted by molar-refractivity contribution is 5.37. The van der Waals surface area contributed by atoms with Crippen molar-refractivity contribution in [2.45, 2.75) is 45.3 Å². The Labute approximate surface area is 126 Å². The minimum Gasteiger partial charge on any atom is -0.493 e. The molecule has 1 aromatic carbocycles. The number of hydrogen-bond donors (Lipinski definition) is 1. The van der Waals surface area contributed by atoms with Crippen LogP contribution in [0.15, 0.2) is 36.5 Å². The summed E-state index contributed by atoms with van der Waals surface area (Å²) in [5, 5.41) is 8.25. The van der Waals surface area contributed by atoms with Gasteiger partial charge in [0.25, 0.3) is 0 Å². The van der Waals surface area contributed by atoms with Gasteiger partial charge in [-0.3, -0.25) is 4.68 Å². The lowest BCUT2D eigenvalue weighted by Gasteiger charge is -2.26. The van der Waals surface area contributed by atoms with Crippen LogP contribution < -0.4 is 10.1 Å². The van der Waals surface area contributed by atoms with Crippen molar-refractivity contribution in [2.75, 3.05) is 6.61 Å². The third kappa shape index (κ3) is 3.10. The van der Waals surface area contributed by atoms with E-state index in [1.54, 1.807) is 0 Å². The van der Waals surface area contributed by atoms with E-state index in [9.17, 15) is 0 Å². The molecule has 0 radical (unpaired) electrons. The van der Waals surface area contributed by atoms with Crippen LogP contribution in [-0.4, -0.2) is 16.4 Å². The van der Waals surface area contributed by atoms with Crippen LogP contribution in [0.5, 0.6) is 5.75 Å². The molecule has 2 unspecified atom stereocenters. The third-order valence-corrected chi connectivity index (χ3v) is 4.19. The van der Waals surface area contributed by atoms with E-state index in [1.807, 2.05) is 12.1 Å². The molecule has 3 rings (SSSR count). The summed E-state index contributed by atoms with van der Waals surface area (Å²) in [7, 11) is 0. The van der Waals surface area contributed by atoms with E-state index in [2.05, 4.69) is 53.3 Å². The number of hydrogen-bond acceptors (Lipinski definition) is 3. The molecule has 112 valence electrons. The van der Waals surface area contributed by atoms with Gasteiger partial charge in [-0.1, -0.05) is 25.1 Å². The molecule has 4 nitrogen and oxygen atoms in total. The fourth-order valence-electron chi connectivity index (χ4n) is 2.69. The summed E-state index contributed by atoms with van der Waals surface area (Å²) in [6, 6.07) is 11.2. The number of aromatic nitrogens is 2. The second-order valence-corrected chi connectivity index (χ2v) is 5.65. The zero-order valence-electron chi connectivity index (χ0n) is 12.7. The standard InChI is InChI=1S/C17H23N3O/c1-3-13(2)20-10-8-14(19-20)12-18-16-9-11-21-17-7-5-4-6-15(16)17/h4-8,10,13,16,18H,3,9,11-12H2,1-2H3. The van der Waals surface area contributed by atoms with Crippen molar-refractivity contribution < 1.29 is 4.74 Å². The Morgan fingerprint density at radius 1 is 1.38 bits per heavy atom. The van der Waals surface area contributed by atoms with Crippen molar-refractivity contribution >= 4 is 0 Å². The van der Waals surface area contributed by atoms with Crippen LogP contribution in [0.2, 0.25) is 0 Å². The first-order valence-electron chi connectivity index (χ1n) is 7.77. The zero-order chi connectivity index (χ0) is 14.7. The van der Waals surface area contributed by atoms with Crippen LogP contribution >= 0.6 is 0 Å². The minimum absolute atomic E-state index is 0.351. The number of ether oxygens (including phenoxy) is 1. The molecule has 1 aliphatic heterocycles. The Bertz CT molecular complexity index is 593. The molecule has 2 atom stereocenters. The fraction of sp³-hybridized carbons (Fsp3) is 0.471. The molecule has 2 aromatic rings. The van der Waals surface area contributed by atoms with Gasteiger partial charge in [-0.05, 0) is 25.5 Å². The van der Waals surface area contributed by atoms with Gasteiger partial charge in [0.1, 0.15) is 5.75 Å². The van der Waals surface area contributed by atoms with Gasteiger partial charge >= 0.3 is 0 Å². The predicted octanol–water partition coefficient (Wildman–Crippen LogP) is 3.47. The largest absolute Gasteiger partial charge is 0.493 e. The van der Waals surface area contributed by atoms with E-state index in [0.29, 0.717) is 12.1 Å². The highest BCUT2D eigenvalue weighted by atomic mass is 16.5. The molecule has 21 heavy (non-hydrogen) atoms. The van der Waals surface area contributed by atoms with Crippen molar-refractivity contribution in [3.63, 3.8) is 0 Å². The fourth-order valence-corrected chi connectivity index (χ4v) is 2.69. The maximum absolute atomic E-state index is 5.70. The predicted molar refractivity (Wildman–Crippen MR) is 83.4 cm³/mol. The van der Waals surface area contributed by atoms with Crippen LogP contribution in [0.25, 0.3) is 0 Å². The van der Waals surface area contributed by atoms with E-state index >= 15 is 0 Å². The summed E-state index contributed by atoms with van der Waals surface area (Å²) in [4.78, 5) is 0. The van der Waals surface area contributed by atoms with Crippen molar-refractivity contribution in [1.82, 2.24) is 15.1 Å². The monoisotopic (exact) mass is 285 g/mol. The highest BCUT2D eigenvalue weighted by Crippen LogP contribution is 2.31. The molecule has 1 N–H and O–H groups in total. The first-order valence-corrected chi connectivity index (χ1v) is 7.77. The van der Waals surface area contributed by atoms with Gasteiger partial charge in [-0.25, -0.2) is 0 Å². The minimum atomic E-state index is 0.351. The number of para-hydroxylation sites is 1. The summed E-state index contributed by atoms with van der Waals surface area (Å²) in [6.45, 7) is 5.95. The Morgan fingerprint density at radius 3 is 3.10 bits per heavy atom. The summed E-state index contributed by atoms with van der Waals surface area (Å²) in [6.07, 6.45) is 4.17. The molecule has 0 spiro atoms. The maximum atomic E-state index is 5.70. The quantitative estimate of drug-likeness (QED) is 0.914. The number of benzene rings is 1. The van der Waals surface area contributed by atoms with E-state index in [4.69, 9.17) is 4.74 Å². The van der Waals surface area contributed by atoms with Crippen LogP contribution in [0.3, 0.4) is 0 Å². The number of fused-ring (bicyclic) bond motifs is 1. The SMILES string of the molecule is CCC(C)n1ccc(CNC2CCOc3ccccc32)n1. The van der Waals surface area contributed by atoms with Gasteiger partial charge in [0.05, 0.1) is 12.3 Å². The van der Waals surface area contributed by atoms with Crippen LogP contribution in [0, 0.1) is 0 Å². The second-order valence-electron chi connectivity index (χ2n) is 5.65. The van der Waals surface area contributed by atoms with Gasteiger partial charge in [0.15, 0.2) is 0 Å². The average Bonchev–Trinajstić information content (AvgIpc) is 3.01. The molecule has 0 amide bonds. The molecule has 0 bridgehead atoms. The zero-order valence-corrected chi connectivity index (χ0v) is 12.7. The average molecular weight is 285 g/mol. The maximum Gasteiger partial charge on any atom is 0.124 e. The van der Waals surface area contributed by atoms with Gasteiger partial charge in [0.2, 0.25) is 0 Å². The molecule has 1 aromatic heterocycles. The van der Waals surface area contributed by atoms with Gasteiger partial charge in [-0.15, -0.1) is 0 Å². The summed E-state index contributed by atoms with van der Waals surface area (Å²) in [5.41, 5.74) is 2.35. The first-order chi connectivity index (χ1) is 10.3. The molecule has 0 aliphatic carbocycles. The lowest BCUT2D eigenvalue weighted by Crippen LogP contribution is -2.27. The summed E-state index contributed by atoms with van der Waals surface area (Å²) < 4.78 is 7.75. The number of nitrogens with zero attached hydrogens (tertiary/aromatic N) is 2. The van der Waals surface area contributed by atoms with Gasteiger partial charge < -0.3 is 10.1 Å². The summed E-state index contributed by atoms with van der Waals surface area (Å²) >= 11 is 0. The third-order valence-electron chi connectivity index (χ3n) is 4.19. The normalized spacial score (nSPS) is 18.9. The summed E-state index contributed by atoms with van der Waals surface area (Å²) in [5.74, 6) is 1.01. The van der Waals surface area contributed by atoms with Crippen molar-refractivity contribution in [1.29, 1.82) is 0 Å². The van der Waals surface area contributed by atoms with Crippen molar-refractivity contribution in [2.24, 2.45) is 0 Å². The molecule has 0 saturated carbocycles. The Balaban J connectivity index is 1.65.